The van der Waals surface area contributed by atoms with E-state index in [9.17, 15) is 0 Å². The van der Waals surface area contributed by atoms with Gasteiger partial charge in [-0.1, -0.05) is 18.5 Å². The molecule has 2 atom stereocenters. The molecule has 2 unspecified atom stereocenters. The summed E-state index contributed by atoms with van der Waals surface area (Å²) in [6.07, 6.45) is 5.54. The van der Waals surface area contributed by atoms with Crippen LogP contribution in [0.2, 0.25) is 5.02 Å². The number of halogens is 1. The van der Waals surface area contributed by atoms with Gasteiger partial charge in [0.05, 0.1) is 23.5 Å². The summed E-state index contributed by atoms with van der Waals surface area (Å²) in [5, 5.41) is 8.84. The number of aromatic nitrogens is 2. The summed E-state index contributed by atoms with van der Waals surface area (Å²) >= 11 is 6.38. The molecule has 4 nitrogen and oxygen atoms in total. The molecule has 0 aliphatic heterocycles. The topological polar surface area (TPSA) is 33.1 Å². The van der Waals surface area contributed by atoms with Crippen molar-refractivity contribution in [2.45, 2.75) is 38.6 Å². The molecule has 1 N–H and O–H groups in total. The first-order valence-corrected chi connectivity index (χ1v) is 8.08. The molecule has 114 valence electrons. The molecule has 1 saturated carbocycles. The highest BCUT2D eigenvalue weighted by Crippen LogP contribution is 2.44. The number of rotatable bonds is 8. The summed E-state index contributed by atoms with van der Waals surface area (Å²) in [4.78, 5) is 2.18. The summed E-state index contributed by atoms with van der Waals surface area (Å²) < 4.78 is 2.11. The Morgan fingerprint density at radius 2 is 2.25 bits per heavy atom. The van der Waals surface area contributed by atoms with E-state index in [2.05, 4.69) is 41.0 Å². The van der Waals surface area contributed by atoms with Crippen LogP contribution in [0.5, 0.6) is 0 Å². The van der Waals surface area contributed by atoms with Crippen LogP contribution in [-0.4, -0.2) is 48.4 Å². The van der Waals surface area contributed by atoms with Crippen molar-refractivity contribution in [2.75, 3.05) is 33.7 Å². The summed E-state index contributed by atoms with van der Waals surface area (Å²) in [6, 6.07) is 0. The zero-order valence-corrected chi connectivity index (χ0v) is 13.7. The van der Waals surface area contributed by atoms with Crippen molar-refractivity contribution in [3.63, 3.8) is 0 Å². The van der Waals surface area contributed by atoms with Gasteiger partial charge in [0.1, 0.15) is 0 Å². The first kappa shape index (κ1) is 15.8. The molecule has 0 bridgehead atoms. The van der Waals surface area contributed by atoms with Gasteiger partial charge in [0, 0.05) is 12.5 Å². The average molecular weight is 299 g/mol. The van der Waals surface area contributed by atoms with Crippen LogP contribution in [0.3, 0.4) is 0 Å². The monoisotopic (exact) mass is 298 g/mol. The fourth-order valence-electron chi connectivity index (χ4n) is 2.85. The third-order valence-electron chi connectivity index (χ3n) is 4.19. The van der Waals surface area contributed by atoms with E-state index in [0.29, 0.717) is 11.8 Å². The summed E-state index contributed by atoms with van der Waals surface area (Å²) in [7, 11) is 4.18. The second kappa shape index (κ2) is 7.43. The van der Waals surface area contributed by atoms with Crippen LogP contribution in [0.1, 0.15) is 37.8 Å². The first-order valence-electron chi connectivity index (χ1n) is 7.70. The molecule has 1 aliphatic carbocycles. The molecular formula is C15H27ClN4. The standard InChI is InChI=1S/C15H27ClN4/c1-4-7-17-10-12-5-6-13(12)15-14(16)11-18-20(15)9-8-19(2)3/h11-13,17H,4-10H2,1-3H3. The predicted octanol–water partition coefficient (Wildman–Crippen LogP) is 2.59. The number of likely N-dealkylation sites (N-methyl/N-ethyl adjacent to an activating group) is 1. The molecule has 0 amide bonds. The number of nitrogens with zero attached hydrogens (tertiary/aromatic N) is 3. The maximum atomic E-state index is 6.38. The van der Waals surface area contributed by atoms with E-state index in [0.717, 1.165) is 31.2 Å². The van der Waals surface area contributed by atoms with E-state index < -0.39 is 0 Å². The molecule has 1 aromatic heterocycles. The van der Waals surface area contributed by atoms with Crippen LogP contribution in [-0.2, 0) is 6.54 Å². The minimum Gasteiger partial charge on any atom is -0.316 e. The molecule has 1 aromatic rings. The van der Waals surface area contributed by atoms with Gasteiger partial charge in [-0.25, -0.2) is 0 Å². The molecule has 20 heavy (non-hydrogen) atoms. The van der Waals surface area contributed by atoms with Crippen molar-refractivity contribution < 1.29 is 0 Å². The maximum absolute atomic E-state index is 6.38. The van der Waals surface area contributed by atoms with E-state index in [1.54, 1.807) is 6.20 Å². The Kier molecular flexibility index (Phi) is 5.87. The zero-order chi connectivity index (χ0) is 14.5. The summed E-state index contributed by atoms with van der Waals surface area (Å²) in [6.45, 7) is 6.33. The number of hydrogen-bond acceptors (Lipinski definition) is 3. The van der Waals surface area contributed by atoms with Gasteiger partial charge >= 0.3 is 0 Å². The Morgan fingerprint density at radius 1 is 1.45 bits per heavy atom. The van der Waals surface area contributed by atoms with Crippen LogP contribution in [0.25, 0.3) is 0 Å². The van der Waals surface area contributed by atoms with Gasteiger partial charge in [-0.15, -0.1) is 0 Å². The number of hydrogen-bond donors (Lipinski definition) is 1. The first-order chi connectivity index (χ1) is 9.63. The lowest BCUT2D eigenvalue weighted by Gasteiger charge is -2.37. The van der Waals surface area contributed by atoms with E-state index in [1.807, 2.05) is 0 Å². The Morgan fingerprint density at radius 3 is 2.85 bits per heavy atom. The minimum absolute atomic E-state index is 0.580. The molecule has 0 spiro atoms. The van der Waals surface area contributed by atoms with E-state index in [1.165, 1.54) is 25.0 Å². The van der Waals surface area contributed by atoms with Gasteiger partial charge in [0.25, 0.3) is 0 Å². The van der Waals surface area contributed by atoms with Gasteiger partial charge in [-0.3, -0.25) is 4.68 Å². The largest absolute Gasteiger partial charge is 0.316 e. The van der Waals surface area contributed by atoms with Crippen molar-refractivity contribution >= 4 is 11.6 Å². The molecule has 2 rings (SSSR count). The summed E-state index contributed by atoms with van der Waals surface area (Å²) in [5.41, 5.74) is 1.25. The number of nitrogens with one attached hydrogen (secondary N) is 1. The third-order valence-corrected chi connectivity index (χ3v) is 4.49. The van der Waals surface area contributed by atoms with Crippen molar-refractivity contribution in [2.24, 2.45) is 5.92 Å². The SMILES string of the molecule is CCCNCC1CCC1c1c(Cl)cnn1CCN(C)C. The Hall–Kier alpha value is -0.580. The van der Waals surface area contributed by atoms with Gasteiger partial charge in [0.2, 0.25) is 0 Å². The molecule has 1 heterocycles. The van der Waals surface area contributed by atoms with Crippen molar-refractivity contribution in [1.82, 2.24) is 20.0 Å². The van der Waals surface area contributed by atoms with E-state index >= 15 is 0 Å². The minimum atomic E-state index is 0.580. The van der Waals surface area contributed by atoms with Crippen molar-refractivity contribution in [3.05, 3.63) is 16.9 Å². The highest BCUT2D eigenvalue weighted by molar-refractivity contribution is 6.31. The molecular weight excluding hydrogens is 272 g/mol. The second-order valence-corrected chi connectivity index (χ2v) is 6.46. The lowest BCUT2D eigenvalue weighted by Crippen LogP contribution is -2.35. The fraction of sp³-hybridized carbons (Fsp3) is 0.800. The van der Waals surface area contributed by atoms with Gasteiger partial charge in [-0.2, -0.15) is 5.10 Å². The van der Waals surface area contributed by atoms with Crippen LogP contribution in [0, 0.1) is 5.92 Å². The van der Waals surface area contributed by atoms with Gasteiger partial charge in [-0.05, 0) is 52.4 Å². The van der Waals surface area contributed by atoms with Crippen LogP contribution >= 0.6 is 11.6 Å². The Bertz CT molecular complexity index is 416. The molecule has 1 fully saturated rings. The van der Waals surface area contributed by atoms with Crippen molar-refractivity contribution in [3.8, 4) is 0 Å². The van der Waals surface area contributed by atoms with Gasteiger partial charge < -0.3 is 10.2 Å². The summed E-state index contributed by atoms with van der Waals surface area (Å²) in [5.74, 6) is 1.30. The smallest absolute Gasteiger partial charge is 0.0820 e. The molecule has 0 radical (unpaired) electrons. The van der Waals surface area contributed by atoms with Gasteiger partial charge in [0.15, 0.2) is 0 Å². The lowest BCUT2D eigenvalue weighted by atomic mass is 9.71. The quantitative estimate of drug-likeness (QED) is 0.749. The molecule has 0 saturated heterocycles. The average Bonchev–Trinajstić information content (AvgIpc) is 2.73. The lowest BCUT2D eigenvalue weighted by molar-refractivity contribution is 0.231. The van der Waals surface area contributed by atoms with Crippen LogP contribution < -0.4 is 5.32 Å². The second-order valence-electron chi connectivity index (χ2n) is 6.05. The van der Waals surface area contributed by atoms with Crippen molar-refractivity contribution in [1.29, 1.82) is 0 Å². The Balaban J connectivity index is 1.98. The molecule has 1 aliphatic rings. The van der Waals surface area contributed by atoms with E-state index in [4.69, 9.17) is 11.6 Å². The van der Waals surface area contributed by atoms with Crippen LogP contribution in [0.15, 0.2) is 6.20 Å². The van der Waals surface area contributed by atoms with Crippen LogP contribution in [0.4, 0.5) is 0 Å². The molecule has 5 heteroatoms. The predicted molar refractivity (Wildman–Crippen MR) is 84.4 cm³/mol. The Labute approximate surface area is 127 Å². The normalized spacial score (nSPS) is 22.2. The highest BCUT2D eigenvalue weighted by Gasteiger charge is 2.35. The molecule has 0 aromatic carbocycles. The highest BCUT2D eigenvalue weighted by atomic mass is 35.5. The zero-order valence-electron chi connectivity index (χ0n) is 12.9. The third kappa shape index (κ3) is 3.74. The van der Waals surface area contributed by atoms with E-state index in [-0.39, 0.29) is 0 Å². The maximum Gasteiger partial charge on any atom is 0.0820 e. The fourth-order valence-corrected chi connectivity index (χ4v) is 3.13.